The van der Waals surface area contributed by atoms with Gasteiger partial charge < -0.3 is 9.64 Å². The molecule has 1 aliphatic carbocycles. The molecule has 1 amide bonds. The molecule has 1 aromatic rings. The molecule has 0 spiro atoms. The molecule has 2 unspecified atom stereocenters. The van der Waals surface area contributed by atoms with Crippen LogP contribution in [-0.2, 0) is 4.74 Å². The normalized spacial score (nSPS) is 27.9. The zero-order valence-corrected chi connectivity index (χ0v) is 12.5. The molecule has 3 rings (SSSR count). The topological polar surface area (TPSA) is 29.5 Å². The van der Waals surface area contributed by atoms with E-state index in [1.165, 1.54) is 24.2 Å². The molecule has 0 radical (unpaired) electrons. The minimum Gasteiger partial charge on any atom is -0.374 e. The lowest BCUT2D eigenvalue weighted by molar-refractivity contribution is -0.0751. The number of carbonyl (C=O) groups is 1. The van der Waals surface area contributed by atoms with Gasteiger partial charge in [-0.25, -0.2) is 0 Å². The second-order valence-corrected chi connectivity index (χ2v) is 7.33. The first-order chi connectivity index (χ1) is 8.75. The summed E-state index contributed by atoms with van der Waals surface area (Å²) >= 11 is 4.93. The van der Waals surface area contributed by atoms with Gasteiger partial charge in [-0.1, -0.05) is 12.8 Å². The van der Waals surface area contributed by atoms with E-state index < -0.39 is 0 Å². The maximum absolute atomic E-state index is 12.5. The van der Waals surface area contributed by atoms with Crippen molar-refractivity contribution >= 4 is 33.2 Å². The SMILES string of the molecule is O=C(c1ccc(Br)s1)N1CCOC2CCCCC21. The van der Waals surface area contributed by atoms with Crippen LogP contribution in [0.25, 0.3) is 0 Å². The predicted molar refractivity (Wildman–Crippen MR) is 75.1 cm³/mol. The van der Waals surface area contributed by atoms with Crippen molar-refractivity contribution in [2.24, 2.45) is 0 Å². The van der Waals surface area contributed by atoms with Gasteiger partial charge in [-0.2, -0.15) is 0 Å². The number of morpholine rings is 1. The average molecular weight is 330 g/mol. The van der Waals surface area contributed by atoms with Gasteiger partial charge in [-0.3, -0.25) is 4.79 Å². The first kappa shape index (κ1) is 12.6. The highest BCUT2D eigenvalue weighted by Crippen LogP contribution is 2.31. The molecule has 0 aromatic carbocycles. The Morgan fingerprint density at radius 1 is 1.39 bits per heavy atom. The van der Waals surface area contributed by atoms with E-state index in [4.69, 9.17) is 4.74 Å². The molecule has 5 heteroatoms. The van der Waals surface area contributed by atoms with Gasteiger partial charge >= 0.3 is 0 Å². The molecule has 0 bridgehead atoms. The molecular weight excluding hydrogens is 314 g/mol. The standard InChI is InChI=1S/C13H16BrNO2S/c14-12-6-5-11(18-12)13(16)15-7-8-17-10-4-2-1-3-9(10)15/h5-6,9-10H,1-4,7-8H2. The summed E-state index contributed by atoms with van der Waals surface area (Å²) in [6.07, 6.45) is 4.89. The van der Waals surface area contributed by atoms with Crippen molar-refractivity contribution in [2.45, 2.75) is 37.8 Å². The molecule has 98 valence electrons. The molecule has 1 aromatic heterocycles. The van der Waals surface area contributed by atoms with Gasteiger partial charge in [0.1, 0.15) is 0 Å². The summed E-state index contributed by atoms with van der Waals surface area (Å²) in [6, 6.07) is 4.14. The predicted octanol–water partition coefficient (Wildman–Crippen LogP) is 3.29. The summed E-state index contributed by atoms with van der Waals surface area (Å²) in [5.41, 5.74) is 0. The highest BCUT2D eigenvalue weighted by Gasteiger charge is 2.37. The number of fused-ring (bicyclic) bond motifs is 1. The van der Waals surface area contributed by atoms with Crippen LogP contribution in [0, 0.1) is 0 Å². The molecule has 0 N–H and O–H groups in total. The van der Waals surface area contributed by atoms with E-state index in [0.717, 1.165) is 28.0 Å². The first-order valence-electron chi connectivity index (χ1n) is 6.43. The molecule has 3 nitrogen and oxygen atoms in total. The van der Waals surface area contributed by atoms with Gasteiger partial charge in [0.2, 0.25) is 0 Å². The van der Waals surface area contributed by atoms with Crippen LogP contribution in [-0.4, -0.2) is 36.1 Å². The lowest BCUT2D eigenvalue weighted by Gasteiger charge is -2.43. The van der Waals surface area contributed by atoms with Gasteiger partial charge in [0.15, 0.2) is 0 Å². The lowest BCUT2D eigenvalue weighted by Crippen LogP contribution is -2.54. The Hall–Kier alpha value is -0.390. The largest absolute Gasteiger partial charge is 0.374 e. The van der Waals surface area contributed by atoms with Crippen molar-refractivity contribution in [3.8, 4) is 0 Å². The lowest BCUT2D eigenvalue weighted by atomic mass is 9.90. The molecule has 2 heterocycles. The number of hydrogen-bond acceptors (Lipinski definition) is 3. The molecular formula is C13H16BrNO2S. The van der Waals surface area contributed by atoms with Gasteiger partial charge in [-0.05, 0) is 40.9 Å². The van der Waals surface area contributed by atoms with E-state index in [2.05, 4.69) is 15.9 Å². The molecule has 18 heavy (non-hydrogen) atoms. The Bertz CT molecular complexity index is 446. The average Bonchev–Trinajstić information content (AvgIpc) is 2.84. The fourth-order valence-electron chi connectivity index (χ4n) is 2.92. The van der Waals surface area contributed by atoms with E-state index >= 15 is 0 Å². The number of halogens is 1. The van der Waals surface area contributed by atoms with Crippen molar-refractivity contribution in [1.29, 1.82) is 0 Å². The van der Waals surface area contributed by atoms with Crippen LogP contribution < -0.4 is 0 Å². The van der Waals surface area contributed by atoms with Gasteiger partial charge in [-0.15, -0.1) is 11.3 Å². The third-order valence-corrected chi connectivity index (χ3v) is 5.39. The van der Waals surface area contributed by atoms with Crippen molar-refractivity contribution in [2.75, 3.05) is 13.2 Å². The zero-order chi connectivity index (χ0) is 12.5. The highest BCUT2D eigenvalue weighted by molar-refractivity contribution is 9.11. The molecule has 2 atom stereocenters. The number of rotatable bonds is 1. The Kier molecular flexibility index (Phi) is 3.73. The molecule has 2 aliphatic rings. The Balaban J connectivity index is 1.79. The molecule has 1 saturated heterocycles. The number of nitrogens with zero attached hydrogens (tertiary/aromatic N) is 1. The Morgan fingerprint density at radius 3 is 3.00 bits per heavy atom. The summed E-state index contributed by atoms with van der Waals surface area (Å²) in [5, 5.41) is 0. The number of ether oxygens (including phenoxy) is 1. The van der Waals surface area contributed by atoms with Crippen LogP contribution in [0.2, 0.25) is 0 Å². The smallest absolute Gasteiger partial charge is 0.264 e. The van der Waals surface area contributed by atoms with E-state index in [1.807, 2.05) is 17.0 Å². The molecule has 1 aliphatic heterocycles. The summed E-state index contributed by atoms with van der Waals surface area (Å²) in [4.78, 5) is 15.4. The summed E-state index contributed by atoms with van der Waals surface area (Å²) in [5.74, 6) is 0.172. The second kappa shape index (κ2) is 5.31. The van der Waals surface area contributed by atoms with Crippen molar-refractivity contribution in [3.63, 3.8) is 0 Å². The third kappa shape index (κ3) is 2.36. The molecule has 2 fully saturated rings. The van der Waals surface area contributed by atoms with Crippen LogP contribution >= 0.6 is 27.3 Å². The maximum atomic E-state index is 12.5. The van der Waals surface area contributed by atoms with Crippen molar-refractivity contribution in [1.82, 2.24) is 4.90 Å². The quantitative estimate of drug-likeness (QED) is 0.791. The van der Waals surface area contributed by atoms with E-state index in [-0.39, 0.29) is 12.0 Å². The van der Waals surface area contributed by atoms with Gasteiger partial charge in [0.25, 0.3) is 5.91 Å². The summed E-state index contributed by atoms with van der Waals surface area (Å²) in [7, 11) is 0. The Labute approximate surface area is 119 Å². The van der Waals surface area contributed by atoms with Crippen molar-refractivity contribution in [3.05, 3.63) is 20.8 Å². The van der Waals surface area contributed by atoms with Gasteiger partial charge in [0.05, 0.1) is 27.4 Å². The van der Waals surface area contributed by atoms with Crippen LogP contribution in [0.15, 0.2) is 15.9 Å². The first-order valence-corrected chi connectivity index (χ1v) is 8.04. The van der Waals surface area contributed by atoms with Crippen LogP contribution in [0.3, 0.4) is 0 Å². The van der Waals surface area contributed by atoms with Gasteiger partial charge in [0, 0.05) is 6.54 Å². The number of amides is 1. The fraction of sp³-hybridized carbons (Fsp3) is 0.615. The summed E-state index contributed by atoms with van der Waals surface area (Å²) in [6.45, 7) is 1.41. The molecule has 1 saturated carbocycles. The van der Waals surface area contributed by atoms with E-state index in [9.17, 15) is 4.79 Å². The fourth-order valence-corrected chi connectivity index (χ4v) is 4.26. The van der Waals surface area contributed by atoms with Crippen LogP contribution in [0.5, 0.6) is 0 Å². The minimum atomic E-state index is 0.172. The second-order valence-electron chi connectivity index (χ2n) is 4.86. The third-order valence-electron chi connectivity index (χ3n) is 3.78. The number of thiophene rings is 1. The summed E-state index contributed by atoms with van der Waals surface area (Å²) < 4.78 is 6.82. The van der Waals surface area contributed by atoms with E-state index in [1.54, 1.807) is 0 Å². The minimum absolute atomic E-state index is 0.172. The monoisotopic (exact) mass is 329 g/mol. The Morgan fingerprint density at radius 2 is 2.22 bits per heavy atom. The zero-order valence-electron chi connectivity index (χ0n) is 10.1. The van der Waals surface area contributed by atoms with Crippen LogP contribution in [0.1, 0.15) is 35.4 Å². The maximum Gasteiger partial charge on any atom is 0.264 e. The van der Waals surface area contributed by atoms with E-state index in [0.29, 0.717) is 12.6 Å². The van der Waals surface area contributed by atoms with Crippen molar-refractivity contribution < 1.29 is 9.53 Å². The highest BCUT2D eigenvalue weighted by atomic mass is 79.9. The number of hydrogen-bond donors (Lipinski definition) is 0. The van der Waals surface area contributed by atoms with Crippen LogP contribution in [0.4, 0.5) is 0 Å². The number of carbonyl (C=O) groups excluding carboxylic acids is 1.